The summed E-state index contributed by atoms with van der Waals surface area (Å²) in [4.78, 5) is 19.2. The molecule has 6 heteroatoms. The van der Waals surface area contributed by atoms with Gasteiger partial charge >= 0.3 is 0 Å². The standard InChI is InChI=1S/C21H24N2OS3/c1-5-26-17-8-6-16(7-9-17)20(24)22-21-23(10-11-25-4)18-12-14(2)15(3)13-19(18)27-21/h6-9,12-13H,5,10-11H2,1-4H3. The molecule has 3 rings (SSSR count). The minimum absolute atomic E-state index is 0.180. The Morgan fingerprint density at radius 3 is 2.52 bits per heavy atom. The van der Waals surface area contributed by atoms with Crippen molar-refractivity contribution in [2.24, 2.45) is 4.99 Å². The van der Waals surface area contributed by atoms with Gasteiger partial charge in [0.2, 0.25) is 0 Å². The van der Waals surface area contributed by atoms with E-state index in [2.05, 4.69) is 48.7 Å². The number of aromatic nitrogens is 1. The van der Waals surface area contributed by atoms with Gasteiger partial charge in [0.25, 0.3) is 5.91 Å². The van der Waals surface area contributed by atoms with Crippen LogP contribution in [-0.2, 0) is 6.54 Å². The highest BCUT2D eigenvalue weighted by Crippen LogP contribution is 2.23. The van der Waals surface area contributed by atoms with Gasteiger partial charge < -0.3 is 4.57 Å². The van der Waals surface area contributed by atoms with E-state index in [0.717, 1.165) is 22.9 Å². The first-order valence-corrected chi connectivity index (χ1v) is 12.1. The number of hydrogen-bond donors (Lipinski definition) is 0. The number of rotatable bonds is 6. The van der Waals surface area contributed by atoms with Gasteiger partial charge in [0.05, 0.1) is 10.2 Å². The number of aryl methyl sites for hydroxylation is 3. The first-order chi connectivity index (χ1) is 13.0. The smallest absolute Gasteiger partial charge is 0.279 e. The van der Waals surface area contributed by atoms with Gasteiger partial charge in [0.1, 0.15) is 0 Å². The molecule has 0 saturated carbocycles. The summed E-state index contributed by atoms with van der Waals surface area (Å²) in [5, 5.41) is 0. The number of amides is 1. The van der Waals surface area contributed by atoms with E-state index in [1.165, 1.54) is 26.2 Å². The number of benzene rings is 2. The molecule has 27 heavy (non-hydrogen) atoms. The number of carbonyl (C=O) groups excluding carboxylic acids is 1. The van der Waals surface area contributed by atoms with E-state index >= 15 is 0 Å². The van der Waals surface area contributed by atoms with Crippen LogP contribution in [-0.4, -0.2) is 28.2 Å². The molecule has 3 nitrogen and oxygen atoms in total. The minimum atomic E-state index is -0.180. The fraction of sp³-hybridized carbons (Fsp3) is 0.333. The summed E-state index contributed by atoms with van der Waals surface area (Å²) < 4.78 is 3.36. The molecule has 0 saturated heterocycles. The maximum absolute atomic E-state index is 12.7. The number of thiazole rings is 1. The Hall–Kier alpha value is -1.50. The predicted octanol–water partition coefficient (Wildman–Crippen LogP) is 5.54. The fourth-order valence-corrected chi connectivity index (χ4v) is 4.98. The summed E-state index contributed by atoms with van der Waals surface area (Å²) in [6.07, 6.45) is 2.10. The van der Waals surface area contributed by atoms with E-state index in [-0.39, 0.29) is 5.91 Å². The molecule has 0 atom stereocenters. The van der Waals surface area contributed by atoms with E-state index in [4.69, 9.17) is 0 Å². The highest BCUT2D eigenvalue weighted by Gasteiger charge is 2.11. The predicted molar refractivity (Wildman–Crippen MR) is 120 cm³/mol. The number of thioether (sulfide) groups is 2. The van der Waals surface area contributed by atoms with Crippen molar-refractivity contribution < 1.29 is 4.79 Å². The zero-order valence-corrected chi connectivity index (χ0v) is 18.6. The normalized spacial score (nSPS) is 12.1. The third-order valence-corrected chi connectivity index (χ3v) is 6.95. The second-order valence-corrected chi connectivity index (χ2v) is 9.64. The summed E-state index contributed by atoms with van der Waals surface area (Å²) in [5.41, 5.74) is 4.33. The summed E-state index contributed by atoms with van der Waals surface area (Å²) in [5.74, 6) is 1.83. The molecule has 0 bridgehead atoms. The van der Waals surface area contributed by atoms with E-state index < -0.39 is 0 Å². The Kier molecular flexibility index (Phi) is 6.84. The summed E-state index contributed by atoms with van der Waals surface area (Å²) in [6, 6.07) is 12.1. The molecule has 142 valence electrons. The van der Waals surface area contributed by atoms with Crippen LogP contribution in [0.3, 0.4) is 0 Å². The molecule has 0 spiro atoms. The molecule has 1 heterocycles. The molecule has 0 unspecified atom stereocenters. The third kappa shape index (κ3) is 4.68. The van der Waals surface area contributed by atoms with Crippen molar-refractivity contribution in [3.8, 4) is 0 Å². The van der Waals surface area contributed by atoms with Crippen molar-refractivity contribution >= 4 is 51.0 Å². The molecule has 0 radical (unpaired) electrons. The van der Waals surface area contributed by atoms with Crippen LogP contribution in [0.25, 0.3) is 10.2 Å². The van der Waals surface area contributed by atoms with E-state index in [9.17, 15) is 4.79 Å². The van der Waals surface area contributed by atoms with Crippen LogP contribution in [0.15, 0.2) is 46.3 Å². The average molecular weight is 417 g/mol. The molecule has 2 aromatic carbocycles. The number of carbonyl (C=O) groups is 1. The Labute approximate surface area is 172 Å². The van der Waals surface area contributed by atoms with E-state index in [1.807, 2.05) is 24.3 Å². The van der Waals surface area contributed by atoms with Crippen LogP contribution in [0, 0.1) is 13.8 Å². The van der Waals surface area contributed by atoms with E-state index in [0.29, 0.717) is 5.56 Å². The van der Waals surface area contributed by atoms with Crippen molar-refractivity contribution in [3.05, 3.63) is 57.9 Å². The lowest BCUT2D eigenvalue weighted by molar-refractivity contribution is 0.0998. The third-order valence-electron chi connectivity index (χ3n) is 4.43. The summed E-state index contributed by atoms with van der Waals surface area (Å²) in [6.45, 7) is 7.22. The van der Waals surface area contributed by atoms with Gasteiger partial charge in [-0.25, -0.2) is 0 Å². The Morgan fingerprint density at radius 2 is 1.85 bits per heavy atom. The van der Waals surface area contributed by atoms with Crippen molar-refractivity contribution in [2.45, 2.75) is 32.2 Å². The van der Waals surface area contributed by atoms with Crippen LogP contribution < -0.4 is 4.80 Å². The number of nitrogens with zero attached hydrogens (tertiary/aromatic N) is 2. The molecule has 0 aliphatic carbocycles. The molecule has 0 aliphatic heterocycles. The molecule has 1 amide bonds. The lowest BCUT2D eigenvalue weighted by atomic mass is 10.1. The number of hydrogen-bond acceptors (Lipinski definition) is 4. The SMILES string of the molecule is CCSc1ccc(C(=O)N=c2sc3cc(C)c(C)cc3n2CCSC)cc1. The maximum atomic E-state index is 12.7. The summed E-state index contributed by atoms with van der Waals surface area (Å²) in [7, 11) is 0. The quantitative estimate of drug-likeness (QED) is 0.495. The Bertz CT molecular complexity index is 1020. The molecule has 0 fully saturated rings. The molecular weight excluding hydrogens is 392 g/mol. The van der Waals surface area contributed by atoms with Gasteiger partial charge in [-0.2, -0.15) is 16.8 Å². The van der Waals surface area contributed by atoms with Crippen LogP contribution >= 0.6 is 34.9 Å². The average Bonchev–Trinajstić information content (AvgIpc) is 2.97. The van der Waals surface area contributed by atoms with Crippen molar-refractivity contribution in [3.63, 3.8) is 0 Å². The van der Waals surface area contributed by atoms with Gasteiger partial charge in [0.15, 0.2) is 4.80 Å². The number of fused-ring (bicyclic) bond motifs is 1. The zero-order chi connectivity index (χ0) is 19.4. The first kappa shape index (κ1) is 20.2. The van der Waals surface area contributed by atoms with Crippen LogP contribution in [0.4, 0.5) is 0 Å². The van der Waals surface area contributed by atoms with Gasteiger partial charge in [-0.1, -0.05) is 18.3 Å². The highest BCUT2D eigenvalue weighted by atomic mass is 32.2. The molecule has 3 aromatic rings. The Morgan fingerprint density at radius 1 is 1.15 bits per heavy atom. The van der Waals surface area contributed by atoms with Gasteiger partial charge in [-0.05, 0) is 73.4 Å². The van der Waals surface area contributed by atoms with Gasteiger partial charge in [-0.15, -0.1) is 11.8 Å². The zero-order valence-electron chi connectivity index (χ0n) is 16.1. The Balaban J connectivity index is 2.04. The van der Waals surface area contributed by atoms with Crippen LogP contribution in [0.2, 0.25) is 0 Å². The van der Waals surface area contributed by atoms with Crippen LogP contribution in [0.5, 0.6) is 0 Å². The van der Waals surface area contributed by atoms with Crippen molar-refractivity contribution in [1.82, 2.24) is 4.57 Å². The second-order valence-electron chi connectivity index (χ2n) is 6.31. The maximum Gasteiger partial charge on any atom is 0.279 e. The monoisotopic (exact) mass is 416 g/mol. The van der Waals surface area contributed by atoms with Crippen molar-refractivity contribution in [1.29, 1.82) is 0 Å². The molecule has 0 N–H and O–H groups in total. The first-order valence-electron chi connectivity index (χ1n) is 8.95. The van der Waals surface area contributed by atoms with Gasteiger partial charge in [0, 0.05) is 22.8 Å². The lowest BCUT2D eigenvalue weighted by Gasteiger charge is -2.06. The molecular formula is C21H24N2OS3. The van der Waals surface area contributed by atoms with Gasteiger partial charge in [-0.3, -0.25) is 4.79 Å². The summed E-state index contributed by atoms with van der Waals surface area (Å²) >= 11 is 5.16. The minimum Gasteiger partial charge on any atom is -0.315 e. The largest absolute Gasteiger partial charge is 0.315 e. The highest BCUT2D eigenvalue weighted by molar-refractivity contribution is 7.99. The van der Waals surface area contributed by atoms with Crippen molar-refractivity contribution in [2.75, 3.05) is 17.8 Å². The topological polar surface area (TPSA) is 34.4 Å². The lowest BCUT2D eigenvalue weighted by Crippen LogP contribution is -2.18. The second kappa shape index (κ2) is 9.13. The van der Waals surface area contributed by atoms with E-state index in [1.54, 1.807) is 34.9 Å². The fourth-order valence-electron chi connectivity index (χ4n) is 2.82. The molecule has 0 aliphatic rings. The molecule has 1 aromatic heterocycles. The van der Waals surface area contributed by atoms with Crippen LogP contribution in [0.1, 0.15) is 28.4 Å².